The molecule has 0 aliphatic carbocycles. The summed E-state index contributed by atoms with van der Waals surface area (Å²) in [5, 5.41) is 3.48. The van der Waals surface area contributed by atoms with E-state index in [9.17, 15) is 0 Å². The van der Waals surface area contributed by atoms with Gasteiger partial charge < -0.3 is 5.32 Å². The van der Waals surface area contributed by atoms with Gasteiger partial charge in [0.2, 0.25) is 0 Å². The second-order valence-corrected chi connectivity index (χ2v) is 5.07. The molecule has 3 heteroatoms. The highest BCUT2D eigenvalue weighted by Crippen LogP contribution is 2.12. The Morgan fingerprint density at radius 2 is 2.19 bits per heavy atom. The monoisotopic (exact) mass is 284 g/mol. The van der Waals surface area contributed by atoms with Crippen LogP contribution >= 0.6 is 15.9 Å². The van der Waals surface area contributed by atoms with Crippen LogP contribution in [0.25, 0.3) is 0 Å². The van der Waals surface area contributed by atoms with Crippen LogP contribution in [0.2, 0.25) is 0 Å². The van der Waals surface area contributed by atoms with Gasteiger partial charge in [-0.2, -0.15) is 0 Å². The second kappa shape index (κ2) is 7.80. The molecule has 1 atom stereocenters. The van der Waals surface area contributed by atoms with Crippen molar-refractivity contribution in [3.63, 3.8) is 0 Å². The summed E-state index contributed by atoms with van der Waals surface area (Å²) < 4.78 is 1.05. The Bertz CT molecular complexity index is 284. The molecule has 1 aromatic rings. The van der Waals surface area contributed by atoms with Crippen LogP contribution in [0.3, 0.4) is 0 Å². The van der Waals surface area contributed by atoms with E-state index < -0.39 is 0 Å². The zero-order chi connectivity index (χ0) is 11.8. The molecule has 1 unspecified atom stereocenters. The van der Waals surface area contributed by atoms with Crippen LogP contribution < -0.4 is 5.32 Å². The van der Waals surface area contributed by atoms with Crippen LogP contribution in [0.15, 0.2) is 22.8 Å². The van der Waals surface area contributed by atoms with Crippen molar-refractivity contribution in [2.45, 2.75) is 33.1 Å². The Morgan fingerprint density at radius 3 is 2.75 bits per heavy atom. The van der Waals surface area contributed by atoms with Gasteiger partial charge in [-0.15, -0.1) is 0 Å². The summed E-state index contributed by atoms with van der Waals surface area (Å²) in [5.41, 5.74) is 1.19. The van der Waals surface area contributed by atoms with Gasteiger partial charge in [0, 0.05) is 16.4 Å². The van der Waals surface area contributed by atoms with E-state index in [1.165, 1.54) is 18.5 Å². The van der Waals surface area contributed by atoms with E-state index in [1.807, 2.05) is 6.20 Å². The van der Waals surface area contributed by atoms with Crippen molar-refractivity contribution in [1.82, 2.24) is 10.3 Å². The van der Waals surface area contributed by atoms with Crippen molar-refractivity contribution < 1.29 is 0 Å². The molecule has 90 valence electrons. The van der Waals surface area contributed by atoms with Gasteiger partial charge >= 0.3 is 0 Å². The fourth-order valence-electron chi connectivity index (χ4n) is 1.67. The van der Waals surface area contributed by atoms with Crippen LogP contribution in [-0.2, 0) is 6.42 Å². The molecular formula is C13H21BrN2. The summed E-state index contributed by atoms with van der Waals surface area (Å²) >= 11 is 3.41. The second-order valence-electron chi connectivity index (χ2n) is 4.15. The normalized spacial score (nSPS) is 12.7. The lowest BCUT2D eigenvalue weighted by Crippen LogP contribution is -2.24. The van der Waals surface area contributed by atoms with E-state index in [2.05, 4.69) is 52.2 Å². The van der Waals surface area contributed by atoms with Crippen molar-refractivity contribution in [3.05, 3.63) is 28.5 Å². The molecule has 0 aromatic carbocycles. The minimum absolute atomic E-state index is 0.695. The van der Waals surface area contributed by atoms with E-state index in [0.717, 1.165) is 24.0 Å². The molecule has 1 heterocycles. The molecule has 0 spiro atoms. The summed E-state index contributed by atoms with van der Waals surface area (Å²) in [5.74, 6) is 0.695. The fourth-order valence-corrected chi connectivity index (χ4v) is 1.90. The first kappa shape index (κ1) is 13.7. The molecule has 0 saturated carbocycles. The molecule has 0 bridgehead atoms. The molecule has 0 aliphatic heterocycles. The molecule has 0 fully saturated rings. The number of pyridine rings is 1. The van der Waals surface area contributed by atoms with Crippen LogP contribution in [0.5, 0.6) is 0 Å². The third-order valence-electron chi connectivity index (χ3n) is 2.72. The lowest BCUT2D eigenvalue weighted by molar-refractivity contribution is 0.456. The largest absolute Gasteiger partial charge is 0.316 e. The third-order valence-corrected chi connectivity index (χ3v) is 3.19. The van der Waals surface area contributed by atoms with Crippen molar-refractivity contribution in [2.75, 3.05) is 13.1 Å². The molecule has 1 rings (SSSR count). The average Bonchev–Trinajstić information content (AvgIpc) is 2.31. The standard InChI is InChI=1S/C13H21BrN2/c1-3-7-15-9-11(4-2)8-13-6-5-12(14)10-16-13/h5-6,10-11,15H,3-4,7-9H2,1-2H3. The van der Waals surface area contributed by atoms with Crippen molar-refractivity contribution in [2.24, 2.45) is 5.92 Å². The zero-order valence-electron chi connectivity index (χ0n) is 10.2. The Labute approximate surface area is 107 Å². The number of hydrogen-bond donors (Lipinski definition) is 1. The number of hydrogen-bond acceptors (Lipinski definition) is 2. The lowest BCUT2D eigenvalue weighted by Gasteiger charge is -2.15. The summed E-state index contributed by atoms with van der Waals surface area (Å²) in [6.45, 7) is 6.66. The summed E-state index contributed by atoms with van der Waals surface area (Å²) in [7, 11) is 0. The van der Waals surface area contributed by atoms with E-state index in [4.69, 9.17) is 0 Å². The predicted octanol–water partition coefficient (Wildman–Crippen LogP) is 3.41. The average molecular weight is 285 g/mol. The number of nitrogens with one attached hydrogen (secondary N) is 1. The van der Waals surface area contributed by atoms with E-state index in [-0.39, 0.29) is 0 Å². The maximum atomic E-state index is 4.42. The highest BCUT2D eigenvalue weighted by atomic mass is 79.9. The lowest BCUT2D eigenvalue weighted by atomic mass is 10.00. The number of halogens is 1. The van der Waals surface area contributed by atoms with Crippen molar-refractivity contribution in [1.29, 1.82) is 0 Å². The van der Waals surface area contributed by atoms with Crippen molar-refractivity contribution in [3.8, 4) is 0 Å². The van der Waals surface area contributed by atoms with Gasteiger partial charge in [0.1, 0.15) is 0 Å². The SMILES string of the molecule is CCCNCC(CC)Cc1ccc(Br)cn1. The third kappa shape index (κ3) is 5.08. The van der Waals surface area contributed by atoms with Crippen molar-refractivity contribution >= 4 is 15.9 Å². The summed E-state index contributed by atoms with van der Waals surface area (Å²) in [6, 6.07) is 4.17. The molecule has 0 saturated heterocycles. The number of nitrogens with zero attached hydrogens (tertiary/aromatic N) is 1. The van der Waals surface area contributed by atoms with Crippen LogP contribution in [0, 0.1) is 5.92 Å². The Morgan fingerprint density at radius 1 is 1.38 bits per heavy atom. The van der Waals surface area contributed by atoms with E-state index in [1.54, 1.807) is 0 Å². The van der Waals surface area contributed by atoms with Gasteiger partial charge in [0.15, 0.2) is 0 Å². The minimum Gasteiger partial charge on any atom is -0.316 e. The van der Waals surface area contributed by atoms with Gasteiger partial charge in [-0.25, -0.2) is 0 Å². The molecule has 1 N–H and O–H groups in total. The topological polar surface area (TPSA) is 24.9 Å². The van der Waals surface area contributed by atoms with E-state index in [0.29, 0.717) is 5.92 Å². The first-order chi connectivity index (χ1) is 7.76. The van der Waals surface area contributed by atoms with Gasteiger partial charge in [0.25, 0.3) is 0 Å². The van der Waals surface area contributed by atoms with E-state index >= 15 is 0 Å². The molecule has 16 heavy (non-hydrogen) atoms. The first-order valence-electron chi connectivity index (χ1n) is 6.07. The minimum atomic E-state index is 0.695. The molecule has 0 radical (unpaired) electrons. The molecule has 1 aromatic heterocycles. The predicted molar refractivity (Wildman–Crippen MR) is 72.6 cm³/mol. The highest BCUT2D eigenvalue weighted by molar-refractivity contribution is 9.10. The first-order valence-corrected chi connectivity index (χ1v) is 6.86. The number of aromatic nitrogens is 1. The Hall–Kier alpha value is -0.410. The van der Waals surface area contributed by atoms with Gasteiger partial charge in [-0.1, -0.05) is 20.3 Å². The highest BCUT2D eigenvalue weighted by Gasteiger charge is 2.07. The zero-order valence-corrected chi connectivity index (χ0v) is 11.8. The molecule has 2 nitrogen and oxygen atoms in total. The van der Waals surface area contributed by atoms with Gasteiger partial charge in [-0.3, -0.25) is 4.98 Å². The molecular weight excluding hydrogens is 264 g/mol. The molecule has 0 amide bonds. The fraction of sp³-hybridized carbons (Fsp3) is 0.615. The van der Waals surface area contributed by atoms with Gasteiger partial charge in [-0.05, 0) is 59.9 Å². The van der Waals surface area contributed by atoms with Crippen LogP contribution in [0.4, 0.5) is 0 Å². The van der Waals surface area contributed by atoms with Crippen LogP contribution in [0.1, 0.15) is 32.4 Å². The maximum absolute atomic E-state index is 4.42. The summed E-state index contributed by atoms with van der Waals surface area (Å²) in [4.78, 5) is 4.42. The Kier molecular flexibility index (Phi) is 6.65. The Balaban J connectivity index is 2.40. The smallest absolute Gasteiger partial charge is 0.0413 e. The van der Waals surface area contributed by atoms with Gasteiger partial charge in [0.05, 0.1) is 0 Å². The quantitative estimate of drug-likeness (QED) is 0.777. The molecule has 0 aliphatic rings. The number of rotatable bonds is 7. The van der Waals surface area contributed by atoms with Crippen LogP contribution in [-0.4, -0.2) is 18.1 Å². The maximum Gasteiger partial charge on any atom is 0.0413 e. The summed E-state index contributed by atoms with van der Waals surface area (Å²) in [6.07, 6.45) is 5.35.